The molecule has 0 amide bonds. The number of hydrogen-bond donors (Lipinski definition) is 2. The molecule has 2 heterocycles. The van der Waals surface area contributed by atoms with Gasteiger partial charge in [-0.2, -0.15) is 9.40 Å². The van der Waals surface area contributed by atoms with E-state index in [0.29, 0.717) is 31.6 Å². The van der Waals surface area contributed by atoms with E-state index in [0.717, 1.165) is 18.4 Å². The number of H-pyrrole nitrogens is 1. The first-order valence-corrected chi connectivity index (χ1v) is 8.77. The third kappa shape index (κ3) is 2.89. The number of hydrogen-bond acceptors (Lipinski definition) is 4. The Morgan fingerprint density at radius 2 is 2.25 bits per heavy atom. The highest BCUT2D eigenvalue weighted by molar-refractivity contribution is 7.89. The van der Waals surface area contributed by atoms with Crippen LogP contribution in [0.2, 0.25) is 0 Å². The fourth-order valence-electron chi connectivity index (χ4n) is 2.68. The van der Waals surface area contributed by atoms with Crippen LogP contribution in [0.4, 0.5) is 0 Å². The average Bonchev–Trinajstić information content (AvgIpc) is 3.12. The van der Waals surface area contributed by atoms with Gasteiger partial charge >= 0.3 is 0 Å². The van der Waals surface area contributed by atoms with Crippen molar-refractivity contribution in [3.8, 4) is 0 Å². The molecule has 0 spiro atoms. The molecule has 1 aromatic heterocycles. The Hall–Kier alpha value is -0.920. The molecule has 0 aromatic carbocycles. The van der Waals surface area contributed by atoms with Crippen molar-refractivity contribution in [1.29, 1.82) is 0 Å². The highest BCUT2D eigenvalue weighted by Crippen LogP contribution is 2.25. The molecule has 20 heavy (non-hydrogen) atoms. The normalized spacial score (nSPS) is 24.9. The number of piperidine rings is 1. The molecule has 1 unspecified atom stereocenters. The summed E-state index contributed by atoms with van der Waals surface area (Å²) in [5.74, 6) is 0.425. The van der Waals surface area contributed by atoms with Crippen LogP contribution in [0.15, 0.2) is 11.2 Å². The van der Waals surface area contributed by atoms with Crippen LogP contribution >= 0.6 is 0 Å². The first-order valence-electron chi connectivity index (χ1n) is 7.33. The summed E-state index contributed by atoms with van der Waals surface area (Å²) < 4.78 is 27.0. The molecule has 1 atom stereocenters. The first kappa shape index (κ1) is 14.0. The second-order valence-electron chi connectivity index (χ2n) is 5.99. The molecule has 6 nitrogen and oxygen atoms in total. The van der Waals surface area contributed by atoms with Crippen molar-refractivity contribution in [1.82, 2.24) is 19.8 Å². The van der Waals surface area contributed by atoms with E-state index >= 15 is 0 Å². The Balaban J connectivity index is 1.77. The van der Waals surface area contributed by atoms with Gasteiger partial charge in [0.2, 0.25) is 0 Å². The maximum atomic E-state index is 12.7. The lowest BCUT2D eigenvalue weighted by atomic mass is 10.0. The van der Waals surface area contributed by atoms with Gasteiger partial charge in [0.15, 0.2) is 5.03 Å². The summed E-state index contributed by atoms with van der Waals surface area (Å²) >= 11 is 0. The highest BCUT2D eigenvalue weighted by Gasteiger charge is 2.32. The molecule has 2 aliphatic rings. The van der Waals surface area contributed by atoms with Crippen LogP contribution in [0, 0.1) is 5.92 Å². The summed E-state index contributed by atoms with van der Waals surface area (Å²) in [5, 5.41) is 10.2. The molecule has 1 saturated heterocycles. The Labute approximate surface area is 120 Å². The van der Waals surface area contributed by atoms with Crippen molar-refractivity contribution < 1.29 is 8.42 Å². The van der Waals surface area contributed by atoms with Crippen molar-refractivity contribution in [2.24, 2.45) is 5.92 Å². The van der Waals surface area contributed by atoms with E-state index in [1.54, 1.807) is 10.5 Å². The van der Waals surface area contributed by atoms with Crippen LogP contribution in [-0.2, 0) is 16.6 Å². The summed E-state index contributed by atoms with van der Waals surface area (Å²) in [7, 11) is -3.43. The summed E-state index contributed by atoms with van der Waals surface area (Å²) in [4.78, 5) is 0. The predicted octanol–water partition coefficient (Wildman–Crippen LogP) is 1.08. The lowest BCUT2D eigenvalue weighted by Gasteiger charge is -2.29. The molecule has 1 aliphatic carbocycles. The second-order valence-corrected chi connectivity index (χ2v) is 7.86. The quantitative estimate of drug-likeness (QED) is 0.853. The zero-order valence-corrected chi connectivity index (χ0v) is 12.6. The SMILES string of the molecule is CC1CCCN(S(=O)(=O)c2[nH]ncc2CNC2CC2)C1. The molecule has 112 valence electrons. The van der Waals surface area contributed by atoms with E-state index in [9.17, 15) is 8.42 Å². The molecule has 2 fully saturated rings. The lowest BCUT2D eigenvalue weighted by molar-refractivity contribution is 0.280. The van der Waals surface area contributed by atoms with Gasteiger partial charge < -0.3 is 5.32 Å². The zero-order chi connectivity index (χ0) is 14.2. The van der Waals surface area contributed by atoms with E-state index in [4.69, 9.17) is 0 Å². The first-order chi connectivity index (χ1) is 9.57. The van der Waals surface area contributed by atoms with Gasteiger partial charge in [-0.1, -0.05) is 6.92 Å². The number of aromatic nitrogens is 2. The Kier molecular flexibility index (Phi) is 3.83. The number of rotatable bonds is 5. The predicted molar refractivity (Wildman–Crippen MR) is 75.6 cm³/mol. The van der Waals surface area contributed by atoms with Crippen molar-refractivity contribution in [2.45, 2.75) is 50.2 Å². The molecule has 2 N–H and O–H groups in total. The van der Waals surface area contributed by atoms with E-state index in [1.807, 2.05) is 0 Å². The molecular formula is C13H22N4O2S. The van der Waals surface area contributed by atoms with Gasteiger partial charge in [-0.05, 0) is 31.6 Å². The van der Waals surface area contributed by atoms with Gasteiger partial charge in [0.1, 0.15) is 0 Å². The van der Waals surface area contributed by atoms with Gasteiger partial charge in [-0.25, -0.2) is 8.42 Å². The van der Waals surface area contributed by atoms with E-state index in [1.165, 1.54) is 12.8 Å². The number of nitrogens with one attached hydrogen (secondary N) is 2. The van der Waals surface area contributed by atoms with Gasteiger partial charge in [0.05, 0.1) is 6.20 Å². The van der Waals surface area contributed by atoms with Gasteiger partial charge in [0.25, 0.3) is 10.0 Å². The number of aromatic amines is 1. The monoisotopic (exact) mass is 298 g/mol. The molecule has 3 rings (SSSR count). The fraction of sp³-hybridized carbons (Fsp3) is 0.769. The average molecular weight is 298 g/mol. The maximum absolute atomic E-state index is 12.7. The standard InChI is InChI=1S/C13H22N4O2S/c1-10-3-2-6-17(9-10)20(18,19)13-11(8-15-16-13)7-14-12-4-5-12/h8,10,12,14H,2-7,9H2,1H3,(H,15,16). The smallest absolute Gasteiger partial charge is 0.260 e. The van der Waals surface area contributed by atoms with Crippen molar-refractivity contribution in [3.63, 3.8) is 0 Å². The Bertz CT molecular complexity index is 565. The molecular weight excluding hydrogens is 276 g/mol. The molecule has 1 aromatic rings. The Morgan fingerprint density at radius 1 is 1.45 bits per heavy atom. The molecule has 7 heteroatoms. The Morgan fingerprint density at radius 3 is 2.95 bits per heavy atom. The lowest BCUT2D eigenvalue weighted by Crippen LogP contribution is -2.39. The van der Waals surface area contributed by atoms with Crippen LogP contribution < -0.4 is 5.32 Å². The van der Waals surface area contributed by atoms with Crippen LogP contribution in [0.5, 0.6) is 0 Å². The fourth-order valence-corrected chi connectivity index (χ4v) is 4.39. The summed E-state index contributed by atoms with van der Waals surface area (Å²) in [6.07, 6.45) is 6.03. The zero-order valence-electron chi connectivity index (χ0n) is 11.8. The number of nitrogens with zero attached hydrogens (tertiary/aromatic N) is 2. The minimum absolute atomic E-state index is 0.264. The molecule has 1 aliphatic heterocycles. The van der Waals surface area contributed by atoms with Gasteiger partial charge in [0, 0.05) is 31.2 Å². The minimum Gasteiger partial charge on any atom is -0.310 e. The summed E-state index contributed by atoms with van der Waals surface area (Å²) in [6, 6.07) is 0.551. The van der Waals surface area contributed by atoms with E-state index in [-0.39, 0.29) is 5.03 Å². The van der Waals surface area contributed by atoms with Crippen LogP contribution in [0.25, 0.3) is 0 Å². The second kappa shape index (κ2) is 5.46. The largest absolute Gasteiger partial charge is 0.310 e. The van der Waals surface area contributed by atoms with Crippen molar-refractivity contribution >= 4 is 10.0 Å². The van der Waals surface area contributed by atoms with Crippen LogP contribution in [0.1, 0.15) is 38.2 Å². The van der Waals surface area contributed by atoms with Gasteiger partial charge in [-0.3, -0.25) is 5.10 Å². The van der Waals surface area contributed by atoms with Crippen LogP contribution in [0.3, 0.4) is 0 Å². The topological polar surface area (TPSA) is 78.1 Å². The minimum atomic E-state index is -3.43. The molecule has 0 radical (unpaired) electrons. The third-order valence-electron chi connectivity index (χ3n) is 4.05. The summed E-state index contributed by atoms with van der Waals surface area (Å²) in [5.41, 5.74) is 0.745. The van der Waals surface area contributed by atoms with Crippen LogP contribution in [-0.4, -0.2) is 42.1 Å². The van der Waals surface area contributed by atoms with E-state index in [2.05, 4.69) is 22.4 Å². The summed E-state index contributed by atoms with van der Waals surface area (Å²) in [6.45, 7) is 3.89. The highest BCUT2D eigenvalue weighted by atomic mass is 32.2. The van der Waals surface area contributed by atoms with E-state index < -0.39 is 10.0 Å². The van der Waals surface area contributed by atoms with Crippen molar-refractivity contribution in [3.05, 3.63) is 11.8 Å². The molecule has 1 saturated carbocycles. The molecule has 0 bridgehead atoms. The van der Waals surface area contributed by atoms with Gasteiger partial charge in [-0.15, -0.1) is 0 Å². The van der Waals surface area contributed by atoms with Crippen molar-refractivity contribution in [2.75, 3.05) is 13.1 Å². The maximum Gasteiger partial charge on any atom is 0.260 e. The number of sulfonamides is 1. The third-order valence-corrected chi connectivity index (χ3v) is 5.94.